The Morgan fingerprint density at radius 3 is 2.27 bits per heavy atom. The smallest absolute Gasteiger partial charge is 0.323 e. The van der Waals surface area contributed by atoms with Gasteiger partial charge in [0.25, 0.3) is 0 Å². The summed E-state index contributed by atoms with van der Waals surface area (Å²) in [6.07, 6.45) is 0.485. The summed E-state index contributed by atoms with van der Waals surface area (Å²) in [6, 6.07) is 0. The summed E-state index contributed by atoms with van der Waals surface area (Å²) in [7, 11) is 1.52. The summed E-state index contributed by atoms with van der Waals surface area (Å²) >= 11 is 0. The predicted molar refractivity (Wildman–Crippen MR) is 57.6 cm³/mol. The number of carboxylic acid groups (broad SMARTS) is 1. The molecule has 1 unspecified atom stereocenters. The molecular weight excluding hydrogens is 196 g/mol. The van der Waals surface area contributed by atoms with Crippen molar-refractivity contribution in [3.05, 3.63) is 0 Å². The lowest BCUT2D eigenvalue weighted by molar-refractivity contribution is -0.145. The Morgan fingerprint density at radius 1 is 1.40 bits per heavy atom. The molecule has 0 aromatic carbocycles. The van der Waals surface area contributed by atoms with Crippen LogP contribution >= 0.6 is 0 Å². The van der Waals surface area contributed by atoms with E-state index in [2.05, 4.69) is 10.6 Å². The first-order valence-electron chi connectivity index (χ1n) is 5.01. The molecule has 0 aromatic rings. The first kappa shape index (κ1) is 13.9. The molecule has 3 N–H and O–H groups in total. The van der Waals surface area contributed by atoms with Gasteiger partial charge in [0.15, 0.2) is 0 Å². The van der Waals surface area contributed by atoms with Gasteiger partial charge in [0, 0.05) is 7.05 Å². The number of nitrogens with one attached hydrogen (secondary N) is 2. The van der Waals surface area contributed by atoms with E-state index in [4.69, 9.17) is 5.11 Å². The highest BCUT2D eigenvalue weighted by Crippen LogP contribution is 2.16. The summed E-state index contributed by atoms with van der Waals surface area (Å²) < 4.78 is 0. The van der Waals surface area contributed by atoms with Crippen LogP contribution in [0.5, 0.6) is 0 Å². The molecule has 0 aromatic heterocycles. The van der Waals surface area contributed by atoms with Gasteiger partial charge in [0.05, 0.1) is 6.54 Å². The minimum atomic E-state index is -1.04. The van der Waals surface area contributed by atoms with Crippen LogP contribution in [0, 0.1) is 5.92 Å². The van der Waals surface area contributed by atoms with Gasteiger partial charge in [0.2, 0.25) is 5.91 Å². The van der Waals surface area contributed by atoms with Gasteiger partial charge in [-0.2, -0.15) is 0 Å². The van der Waals surface area contributed by atoms with Gasteiger partial charge in [-0.1, -0.05) is 13.8 Å². The van der Waals surface area contributed by atoms with Crippen LogP contribution in [0.4, 0.5) is 0 Å². The van der Waals surface area contributed by atoms with Gasteiger partial charge in [-0.25, -0.2) is 0 Å². The maximum atomic E-state index is 11.1. The van der Waals surface area contributed by atoms with E-state index in [0.29, 0.717) is 6.42 Å². The number of hydrogen-bond donors (Lipinski definition) is 3. The third-order valence-electron chi connectivity index (χ3n) is 2.21. The fourth-order valence-electron chi connectivity index (χ4n) is 1.42. The van der Waals surface area contributed by atoms with E-state index in [-0.39, 0.29) is 18.4 Å². The van der Waals surface area contributed by atoms with E-state index in [1.807, 2.05) is 13.8 Å². The van der Waals surface area contributed by atoms with E-state index in [1.54, 1.807) is 6.92 Å². The molecule has 5 nitrogen and oxygen atoms in total. The topological polar surface area (TPSA) is 78.4 Å². The molecule has 0 rings (SSSR count). The molecule has 1 amide bonds. The Hall–Kier alpha value is -1.10. The SMILES string of the molecule is CNC(=O)CNC(C)(CC(C)C)C(=O)O. The summed E-state index contributed by atoms with van der Waals surface area (Å²) in [6.45, 7) is 5.51. The molecule has 0 saturated heterocycles. The predicted octanol–water partition coefficient (Wildman–Crippen LogP) is 0.211. The normalized spacial score (nSPS) is 14.7. The van der Waals surface area contributed by atoms with Crippen molar-refractivity contribution < 1.29 is 14.7 Å². The number of carboxylic acids is 1. The van der Waals surface area contributed by atoms with Crippen molar-refractivity contribution in [2.75, 3.05) is 13.6 Å². The van der Waals surface area contributed by atoms with Gasteiger partial charge in [-0.05, 0) is 19.3 Å². The quantitative estimate of drug-likeness (QED) is 0.593. The lowest BCUT2D eigenvalue weighted by Gasteiger charge is -2.27. The Balaban J connectivity index is 4.38. The monoisotopic (exact) mass is 216 g/mol. The molecule has 0 saturated carbocycles. The Morgan fingerprint density at radius 2 is 1.93 bits per heavy atom. The van der Waals surface area contributed by atoms with Crippen molar-refractivity contribution in [1.29, 1.82) is 0 Å². The molecular formula is C10H20N2O3. The summed E-state index contributed by atoms with van der Waals surface area (Å²) in [5, 5.41) is 14.3. The van der Waals surface area contributed by atoms with Gasteiger partial charge in [-0.3, -0.25) is 14.9 Å². The molecule has 0 fully saturated rings. The summed E-state index contributed by atoms with van der Waals surface area (Å²) in [5.74, 6) is -0.894. The van der Waals surface area contributed by atoms with Gasteiger partial charge in [0.1, 0.15) is 5.54 Å². The second kappa shape index (κ2) is 5.70. The fourth-order valence-corrected chi connectivity index (χ4v) is 1.42. The Kier molecular flexibility index (Phi) is 5.28. The molecule has 88 valence electrons. The Labute approximate surface area is 90.2 Å². The molecule has 1 atom stereocenters. The number of likely N-dealkylation sites (N-methyl/N-ethyl adjacent to an activating group) is 1. The molecule has 0 radical (unpaired) electrons. The van der Waals surface area contributed by atoms with E-state index in [1.165, 1.54) is 7.05 Å². The lowest BCUT2D eigenvalue weighted by atomic mass is 9.91. The zero-order valence-corrected chi connectivity index (χ0v) is 9.76. The summed E-state index contributed by atoms with van der Waals surface area (Å²) in [5.41, 5.74) is -1.04. The van der Waals surface area contributed by atoms with Gasteiger partial charge >= 0.3 is 5.97 Å². The van der Waals surface area contributed by atoms with Crippen molar-refractivity contribution in [3.63, 3.8) is 0 Å². The largest absolute Gasteiger partial charge is 0.480 e. The van der Waals surface area contributed by atoms with Crippen LogP contribution in [-0.2, 0) is 9.59 Å². The number of amides is 1. The van der Waals surface area contributed by atoms with E-state index < -0.39 is 11.5 Å². The van der Waals surface area contributed by atoms with E-state index in [0.717, 1.165) is 0 Å². The molecule has 5 heteroatoms. The molecule has 0 heterocycles. The van der Waals surface area contributed by atoms with E-state index >= 15 is 0 Å². The van der Waals surface area contributed by atoms with Crippen molar-refractivity contribution >= 4 is 11.9 Å². The number of carbonyl (C=O) groups excluding carboxylic acids is 1. The number of aliphatic carboxylic acids is 1. The third-order valence-corrected chi connectivity index (χ3v) is 2.21. The lowest BCUT2D eigenvalue weighted by Crippen LogP contribution is -2.53. The Bertz CT molecular complexity index is 241. The highest BCUT2D eigenvalue weighted by molar-refractivity contribution is 5.81. The van der Waals surface area contributed by atoms with Crippen molar-refractivity contribution in [3.8, 4) is 0 Å². The fraction of sp³-hybridized carbons (Fsp3) is 0.800. The third kappa shape index (κ3) is 4.78. The van der Waals surface area contributed by atoms with Crippen LogP contribution in [0.15, 0.2) is 0 Å². The molecule has 0 aliphatic carbocycles. The molecule has 15 heavy (non-hydrogen) atoms. The first-order chi connectivity index (χ1) is 6.81. The molecule has 0 spiro atoms. The maximum absolute atomic E-state index is 11.1. The number of rotatable bonds is 6. The number of hydrogen-bond acceptors (Lipinski definition) is 3. The average molecular weight is 216 g/mol. The highest BCUT2D eigenvalue weighted by Gasteiger charge is 2.33. The molecule has 0 aliphatic heterocycles. The minimum absolute atomic E-state index is 0.0199. The van der Waals surface area contributed by atoms with Gasteiger partial charge in [-0.15, -0.1) is 0 Å². The van der Waals surface area contributed by atoms with Crippen LogP contribution in [0.25, 0.3) is 0 Å². The van der Waals surface area contributed by atoms with Crippen LogP contribution in [0.2, 0.25) is 0 Å². The van der Waals surface area contributed by atoms with Crippen molar-refractivity contribution in [2.24, 2.45) is 5.92 Å². The second-order valence-electron chi connectivity index (χ2n) is 4.26. The van der Waals surface area contributed by atoms with Gasteiger partial charge < -0.3 is 10.4 Å². The minimum Gasteiger partial charge on any atom is -0.480 e. The first-order valence-corrected chi connectivity index (χ1v) is 5.01. The van der Waals surface area contributed by atoms with Crippen LogP contribution in [0.3, 0.4) is 0 Å². The highest BCUT2D eigenvalue weighted by atomic mass is 16.4. The van der Waals surface area contributed by atoms with E-state index in [9.17, 15) is 9.59 Å². The van der Waals surface area contributed by atoms with Crippen LogP contribution < -0.4 is 10.6 Å². The summed E-state index contributed by atoms with van der Waals surface area (Å²) in [4.78, 5) is 22.1. The zero-order valence-electron chi connectivity index (χ0n) is 9.76. The molecule has 0 aliphatic rings. The second-order valence-corrected chi connectivity index (χ2v) is 4.26. The van der Waals surface area contributed by atoms with Crippen LogP contribution in [-0.4, -0.2) is 36.1 Å². The standard InChI is InChI=1S/C10H20N2O3/c1-7(2)5-10(3,9(14)15)12-6-8(13)11-4/h7,12H,5-6H2,1-4H3,(H,11,13)(H,14,15). The van der Waals surface area contributed by atoms with Crippen LogP contribution in [0.1, 0.15) is 27.2 Å². The van der Waals surface area contributed by atoms with Crippen molar-refractivity contribution in [2.45, 2.75) is 32.7 Å². The number of carbonyl (C=O) groups is 2. The zero-order chi connectivity index (χ0) is 12.1. The maximum Gasteiger partial charge on any atom is 0.323 e. The average Bonchev–Trinajstić information content (AvgIpc) is 2.12. The van der Waals surface area contributed by atoms with Crippen molar-refractivity contribution in [1.82, 2.24) is 10.6 Å². The molecule has 0 bridgehead atoms.